The number of piperidine rings is 1. The Bertz CT molecular complexity index is 682. The van der Waals surface area contributed by atoms with E-state index in [0.29, 0.717) is 17.4 Å². The van der Waals surface area contributed by atoms with Crippen molar-refractivity contribution in [3.8, 4) is 0 Å². The lowest BCUT2D eigenvalue weighted by molar-refractivity contribution is 0.403. The fourth-order valence-electron chi connectivity index (χ4n) is 3.05. The number of hydrogen-bond acceptors (Lipinski definition) is 6. The van der Waals surface area contributed by atoms with Crippen molar-refractivity contribution in [1.29, 1.82) is 0 Å². The molecule has 3 rings (SSSR count). The lowest BCUT2D eigenvalue weighted by Gasteiger charge is -2.34. The summed E-state index contributed by atoms with van der Waals surface area (Å²) in [5, 5.41) is 0. The Morgan fingerprint density at radius 2 is 1.79 bits per heavy atom. The molecule has 2 aromatic heterocycles. The van der Waals surface area contributed by atoms with Crippen molar-refractivity contribution in [3.63, 3.8) is 0 Å². The maximum Gasteiger partial charge on any atom is 0.225 e. The molecule has 0 N–H and O–H groups in total. The van der Waals surface area contributed by atoms with Crippen LogP contribution in [0.1, 0.15) is 24.1 Å². The van der Waals surface area contributed by atoms with E-state index in [-0.39, 0.29) is 5.82 Å². The summed E-state index contributed by atoms with van der Waals surface area (Å²) in [6, 6.07) is 0. The summed E-state index contributed by atoms with van der Waals surface area (Å²) in [5.74, 6) is 1.36. The summed E-state index contributed by atoms with van der Waals surface area (Å²) >= 11 is 0. The highest BCUT2D eigenvalue weighted by Gasteiger charge is 2.23. The highest BCUT2D eigenvalue weighted by Crippen LogP contribution is 2.24. The molecule has 128 valence electrons. The highest BCUT2D eigenvalue weighted by molar-refractivity contribution is 5.40. The zero-order valence-corrected chi connectivity index (χ0v) is 14.4. The average molecular weight is 330 g/mol. The lowest BCUT2D eigenvalue weighted by Crippen LogP contribution is -2.39. The molecule has 0 bridgehead atoms. The second kappa shape index (κ2) is 7.07. The van der Waals surface area contributed by atoms with Gasteiger partial charge in [-0.05, 0) is 38.2 Å². The van der Waals surface area contributed by atoms with Gasteiger partial charge in [0.2, 0.25) is 5.95 Å². The summed E-state index contributed by atoms with van der Waals surface area (Å²) in [7, 11) is 1.89. The summed E-state index contributed by atoms with van der Waals surface area (Å²) in [6.45, 7) is 6.28. The maximum atomic E-state index is 14.1. The zero-order valence-electron chi connectivity index (χ0n) is 14.4. The van der Waals surface area contributed by atoms with Gasteiger partial charge in [0.15, 0.2) is 11.6 Å². The van der Waals surface area contributed by atoms with E-state index in [1.54, 1.807) is 6.92 Å². The molecule has 7 heteroatoms. The molecule has 6 nitrogen and oxygen atoms in total. The third-order valence-corrected chi connectivity index (χ3v) is 4.50. The number of anilines is 2. The predicted molar refractivity (Wildman–Crippen MR) is 91.7 cm³/mol. The van der Waals surface area contributed by atoms with Gasteiger partial charge in [-0.25, -0.2) is 24.3 Å². The van der Waals surface area contributed by atoms with Crippen LogP contribution >= 0.6 is 0 Å². The first-order valence-corrected chi connectivity index (χ1v) is 8.26. The van der Waals surface area contributed by atoms with Gasteiger partial charge in [0.25, 0.3) is 0 Å². The smallest absolute Gasteiger partial charge is 0.225 e. The Balaban J connectivity index is 1.57. The predicted octanol–water partition coefficient (Wildman–Crippen LogP) is 2.38. The largest absolute Gasteiger partial charge is 0.357 e. The van der Waals surface area contributed by atoms with Crippen LogP contribution in [0.3, 0.4) is 0 Å². The van der Waals surface area contributed by atoms with Gasteiger partial charge >= 0.3 is 0 Å². The van der Waals surface area contributed by atoms with E-state index in [1.807, 2.05) is 31.3 Å². The van der Waals surface area contributed by atoms with E-state index in [2.05, 4.69) is 24.8 Å². The zero-order chi connectivity index (χ0) is 17.1. The minimum absolute atomic E-state index is 0.328. The van der Waals surface area contributed by atoms with Crippen LogP contribution in [0.15, 0.2) is 18.7 Å². The van der Waals surface area contributed by atoms with Gasteiger partial charge in [0.1, 0.15) is 6.33 Å². The molecule has 2 aromatic rings. The molecule has 0 spiro atoms. The Labute approximate surface area is 141 Å². The van der Waals surface area contributed by atoms with Gasteiger partial charge in [-0.1, -0.05) is 0 Å². The molecule has 0 amide bonds. The molecule has 0 unspecified atom stereocenters. The standard InChI is InChI=1S/C17H23FN6/c1-12-8-19-17(20-9-12)24-6-4-14(5-7-24)10-23(3)16-15(18)13(2)21-11-22-16/h8-9,11,14H,4-7,10H2,1-3H3. The molecule has 3 heterocycles. The Hall–Kier alpha value is -2.31. The van der Waals surface area contributed by atoms with Crippen LogP contribution in [0.5, 0.6) is 0 Å². The maximum absolute atomic E-state index is 14.1. The molecule has 24 heavy (non-hydrogen) atoms. The molecular weight excluding hydrogens is 307 g/mol. The third kappa shape index (κ3) is 3.60. The first kappa shape index (κ1) is 16.5. The number of aryl methyl sites for hydroxylation is 2. The van der Waals surface area contributed by atoms with E-state index in [9.17, 15) is 4.39 Å². The highest BCUT2D eigenvalue weighted by atomic mass is 19.1. The SMILES string of the molecule is Cc1cnc(N2CCC(CN(C)c3ncnc(C)c3F)CC2)nc1. The quantitative estimate of drug-likeness (QED) is 0.858. The summed E-state index contributed by atoms with van der Waals surface area (Å²) in [4.78, 5) is 20.9. The summed E-state index contributed by atoms with van der Waals surface area (Å²) < 4.78 is 14.1. The third-order valence-electron chi connectivity index (χ3n) is 4.50. The van der Waals surface area contributed by atoms with E-state index in [0.717, 1.165) is 44.0 Å². The molecule has 0 aliphatic carbocycles. The van der Waals surface area contributed by atoms with Crippen LogP contribution in [-0.2, 0) is 0 Å². The molecule has 1 fully saturated rings. The van der Waals surface area contributed by atoms with Crippen LogP contribution in [0.4, 0.5) is 16.2 Å². The normalized spacial score (nSPS) is 15.6. The molecular formula is C17H23FN6. The van der Waals surface area contributed by atoms with Crippen LogP contribution in [0, 0.1) is 25.6 Å². The first-order chi connectivity index (χ1) is 11.5. The van der Waals surface area contributed by atoms with E-state index in [1.165, 1.54) is 6.33 Å². The molecule has 0 radical (unpaired) electrons. The Kier molecular flexibility index (Phi) is 4.87. The lowest BCUT2D eigenvalue weighted by atomic mass is 9.96. The number of aromatic nitrogens is 4. The molecule has 0 atom stereocenters. The van der Waals surface area contributed by atoms with E-state index < -0.39 is 0 Å². The molecule has 1 saturated heterocycles. The monoisotopic (exact) mass is 330 g/mol. The van der Waals surface area contributed by atoms with Gasteiger partial charge in [-0.15, -0.1) is 0 Å². The minimum atomic E-state index is -0.328. The van der Waals surface area contributed by atoms with Crippen LogP contribution in [0.25, 0.3) is 0 Å². The second-order valence-electron chi connectivity index (χ2n) is 6.47. The average Bonchev–Trinajstić information content (AvgIpc) is 2.59. The van der Waals surface area contributed by atoms with Crippen LogP contribution in [0.2, 0.25) is 0 Å². The van der Waals surface area contributed by atoms with E-state index in [4.69, 9.17) is 0 Å². The van der Waals surface area contributed by atoms with Crippen molar-refractivity contribution in [1.82, 2.24) is 19.9 Å². The van der Waals surface area contributed by atoms with Gasteiger partial charge in [0, 0.05) is 39.1 Å². The van der Waals surface area contributed by atoms with Crippen LogP contribution in [-0.4, -0.2) is 46.6 Å². The number of nitrogens with zero attached hydrogens (tertiary/aromatic N) is 6. The Morgan fingerprint density at radius 3 is 2.46 bits per heavy atom. The Morgan fingerprint density at radius 1 is 1.12 bits per heavy atom. The topological polar surface area (TPSA) is 58.0 Å². The minimum Gasteiger partial charge on any atom is -0.357 e. The van der Waals surface area contributed by atoms with E-state index >= 15 is 0 Å². The summed E-state index contributed by atoms with van der Waals surface area (Å²) in [5.41, 5.74) is 1.45. The van der Waals surface area contributed by atoms with Crippen molar-refractivity contribution in [2.24, 2.45) is 5.92 Å². The number of halogens is 1. The van der Waals surface area contributed by atoms with Crippen molar-refractivity contribution < 1.29 is 4.39 Å². The van der Waals surface area contributed by atoms with Gasteiger partial charge < -0.3 is 9.80 Å². The summed E-state index contributed by atoms with van der Waals surface area (Å²) in [6.07, 6.45) is 7.19. The first-order valence-electron chi connectivity index (χ1n) is 8.26. The van der Waals surface area contributed by atoms with Gasteiger partial charge in [0.05, 0.1) is 5.69 Å². The molecule has 1 aliphatic rings. The fraction of sp³-hybridized carbons (Fsp3) is 0.529. The van der Waals surface area contributed by atoms with Crippen molar-refractivity contribution in [2.45, 2.75) is 26.7 Å². The van der Waals surface area contributed by atoms with Crippen LogP contribution < -0.4 is 9.80 Å². The molecule has 0 aromatic carbocycles. The van der Waals surface area contributed by atoms with Gasteiger partial charge in [-0.2, -0.15) is 0 Å². The van der Waals surface area contributed by atoms with Crippen molar-refractivity contribution in [2.75, 3.05) is 36.5 Å². The molecule has 0 saturated carbocycles. The molecule has 1 aliphatic heterocycles. The van der Waals surface area contributed by atoms with Crippen molar-refractivity contribution >= 4 is 11.8 Å². The fourth-order valence-corrected chi connectivity index (χ4v) is 3.05. The van der Waals surface area contributed by atoms with Gasteiger partial charge in [-0.3, -0.25) is 0 Å². The van der Waals surface area contributed by atoms with Crippen molar-refractivity contribution in [3.05, 3.63) is 35.8 Å². The number of rotatable bonds is 4. The number of hydrogen-bond donors (Lipinski definition) is 0. The second-order valence-corrected chi connectivity index (χ2v) is 6.47.